The average molecular weight is 213 g/mol. The highest BCUT2D eigenvalue weighted by Crippen LogP contribution is 2.31. The van der Waals surface area contributed by atoms with Crippen molar-refractivity contribution in [2.75, 3.05) is 13.2 Å². The van der Waals surface area contributed by atoms with E-state index in [4.69, 9.17) is 9.84 Å². The molecule has 5 nitrogen and oxygen atoms in total. The maximum atomic E-state index is 11.2. The molecular formula is C10H15NO4. The highest BCUT2D eigenvalue weighted by Gasteiger charge is 2.42. The van der Waals surface area contributed by atoms with Crippen molar-refractivity contribution < 1.29 is 19.4 Å². The summed E-state index contributed by atoms with van der Waals surface area (Å²) >= 11 is 0. The summed E-state index contributed by atoms with van der Waals surface area (Å²) in [5.41, 5.74) is 0. The second-order valence-corrected chi connectivity index (χ2v) is 4.23. The Kier molecular flexibility index (Phi) is 2.90. The molecule has 3 atom stereocenters. The molecule has 0 radical (unpaired) electrons. The van der Waals surface area contributed by atoms with Crippen LogP contribution < -0.4 is 5.32 Å². The lowest BCUT2D eigenvalue weighted by molar-refractivity contribution is -0.141. The molecule has 2 fully saturated rings. The molecule has 0 aromatic carbocycles. The molecule has 2 heterocycles. The first-order valence-corrected chi connectivity index (χ1v) is 5.28. The highest BCUT2D eigenvalue weighted by molar-refractivity contribution is 5.88. The van der Waals surface area contributed by atoms with E-state index in [2.05, 4.69) is 5.32 Å². The fourth-order valence-corrected chi connectivity index (χ4v) is 2.46. The summed E-state index contributed by atoms with van der Waals surface area (Å²) in [6.07, 6.45) is 2.25. The van der Waals surface area contributed by atoms with Crippen molar-refractivity contribution in [1.29, 1.82) is 0 Å². The summed E-state index contributed by atoms with van der Waals surface area (Å²) < 4.78 is 5.33. The largest absolute Gasteiger partial charge is 0.480 e. The molecule has 0 bridgehead atoms. The van der Waals surface area contributed by atoms with Gasteiger partial charge in [-0.2, -0.15) is 0 Å². The third-order valence-electron chi connectivity index (χ3n) is 3.23. The summed E-state index contributed by atoms with van der Waals surface area (Å²) in [4.78, 5) is 22.1. The standard InChI is InChI=1S/C10H15NO4/c12-8-4-7(9(11-8)10(13)14)6-2-1-3-15-5-6/h6-7,9H,1-5H2,(H,11,12)(H,13,14). The van der Waals surface area contributed by atoms with Crippen LogP contribution in [0.5, 0.6) is 0 Å². The fraction of sp³-hybridized carbons (Fsp3) is 0.800. The first kappa shape index (κ1) is 10.4. The molecule has 0 aliphatic carbocycles. The van der Waals surface area contributed by atoms with Gasteiger partial charge < -0.3 is 15.2 Å². The van der Waals surface area contributed by atoms with Crippen molar-refractivity contribution in [1.82, 2.24) is 5.32 Å². The first-order chi connectivity index (χ1) is 7.18. The third-order valence-corrected chi connectivity index (χ3v) is 3.23. The van der Waals surface area contributed by atoms with Crippen molar-refractivity contribution >= 4 is 11.9 Å². The van der Waals surface area contributed by atoms with Gasteiger partial charge in [-0.15, -0.1) is 0 Å². The van der Waals surface area contributed by atoms with Gasteiger partial charge in [-0.3, -0.25) is 4.79 Å². The molecular weight excluding hydrogens is 198 g/mol. The van der Waals surface area contributed by atoms with Crippen LogP contribution in [0.25, 0.3) is 0 Å². The van der Waals surface area contributed by atoms with E-state index in [0.29, 0.717) is 13.0 Å². The molecule has 5 heteroatoms. The van der Waals surface area contributed by atoms with Gasteiger partial charge in [-0.25, -0.2) is 4.79 Å². The summed E-state index contributed by atoms with van der Waals surface area (Å²) in [6, 6.07) is -0.718. The molecule has 0 spiro atoms. The molecule has 0 saturated carbocycles. The minimum atomic E-state index is -0.934. The van der Waals surface area contributed by atoms with Crippen LogP contribution in [0.4, 0.5) is 0 Å². The minimum absolute atomic E-state index is 0.102. The van der Waals surface area contributed by atoms with Crippen molar-refractivity contribution in [2.24, 2.45) is 11.8 Å². The molecule has 2 rings (SSSR count). The first-order valence-electron chi connectivity index (χ1n) is 5.28. The Balaban J connectivity index is 2.05. The van der Waals surface area contributed by atoms with Crippen molar-refractivity contribution in [3.63, 3.8) is 0 Å². The predicted molar refractivity (Wildman–Crippen MR) is 51.2 cm³/mol. The Morgan fingerprint density at radius 2 is 2.33 bits per heavy atom. The summed E-state index contributed by atoms with van der Waals surface area (Å²) in [5, 5.41) is 11.5. The molecule has 15 heavy (non-hydrogen) atoms. The van der Waals surface area contributed by atoms with Gasteiger partial charge in [0.15, 0.2) is 0 Å². The van der Waals surface area contributed by atoms with E-state index < -0.39 is 12.0 Å². The number of ether oxygens (including phenoxy) is 1. The molecule has 0 aromatic heterocycles. The normalized spacial score (nSPS) is 36.3. The van der Waals surface area contributed by atoms with Gasteiger partial charge in [0.1, 0.15) is 6.04 Å². The predicted octanol–water partition coefficient (Wildman–Crippen LogP) is 0.00230. The average Bonchev–Trinajstić information content (AvgIpc) is 2.62. The number of hydrogen-bond donors (Lipinski definition) is 2. The number of hydrogen-bond acceptors (Lipinski definition) is 3. The maximum absolute atomic E-state index is 11.2. The number of nitrogens with one attached hydrogen (secondary N) is 1. The summed E-state index contributed by atoms with van der Waals surface area (Å²) in [6.45, 7) is 1.34. The van der Waals surface area contributed by atoms with Gasteiger partial charge in [-0.05, 0) is 18.8 Å². The van der Waals surface area contributed by atoms with Crippen LogP contribution in [0.2, 0.25) is 0 Å². The Morgan fingerprint density at radius 3 is 2.93 bits per heavy atom. The van der Waals surface area contributed by atoms with Gasteiger partial charge in [0, 0.05) is 25.6 Å². The monoisotopic (exact) mass is 213 g/mol. The molecule has 2 saturated heterocycles. The zero-order chi connectivity index (χ0) is 10.8. The Labute approximate surface area is 87.8 Å². The Morgan fingerprint density at radius 1 is 1.53 bits per heavy atom. The smallest absolute Gasteiger partial charge is 0.326 e. The lowest BCUT2D eigenvalue weighted by Gasteiger charge is -2.28. The van der Waals surface area contributed by atoms with E-state index in [1.54, 1.807) is 0 Å². The summed E-state index contributed by atoms with van der Waals surface area (Å²) in [7, 11) is 0. The second kappa shape index (κ2) is 4.18. The van der Waals surface area contributed by atoms with Crippen LogP contribution >= 0.6 is 0 Å². The van der Waals surface area contributed by atoms with E-state index >= 15 is 0 Å². The number of carbonyl (C=O) groups is 2. The maximum Gasteiger partial charge on any atom is 0.326 e. The molecule has 84 valence electrons. The van der Waals surface area contributed by atoms with Crippen molar-refractivity contribution in [2.45, 2.75) is 25.3 Å². The van der Waals surface area contributed by atoms with E-state index in [0.717, 1.165) is 19.4 Å². The lowest BCUT2D eigenvalue weighted by Crippen LogP contribution is -2.41. The SMILES string of the molecule is O=C1CC(C2CCCOC2)C(C(=O)O)N1. The van der Waals surface area contributed by atoms with E-state index in [-0.39, 0.29) is 17.7 Å². The molecule has 2 aliphatic rings. The second-order valence-electron chi connectivity index (χ2n) is 4.23. The molecule has 1 amide bonds. The molecule has 0 aromatic rings. The van der Waals surface area contributed by atoms with Gasteiger partial charge in [0.2, 0.25) is 5.91 Å². The number of carbonyl (C=O) groups excluding carboxylic acids is 1. The van der Waals surface area contributed by atoms with Gasteiger partial charge in [-0.1, -0.05) is 0 Å². The van der Waals surface area contributed by atoms with E-state index in [1.165, 1.54) is 0 Å². The molecule has 3 unspecified atom stereocenters. The van der Waals surface area contributed by atoms with Crippen LogP contribution in [0.15, 0.2) is 0 Å². The van der Waals surface area contributed by atoms with E-state index in [9.17, 15) is 9.59 Å². The number of rotatable bonds is 2. The zero-order valence-electron chi connectivity index (χ0n) is 8.44. The Bertz CT molecular complexity index is 273. The topological polar surface area (TPSA) is 75.6 Å². The number of carboxylic acid groups (broad SMARTS) is 1. The summed E-state index contributed by atoms with van der Waals surface area (Å²) in [5.74, 6) is -0.983. The van der Waals surface area contributed by atoms with Crippen molar-refractivity contribution in [3.05, 3.63) is 0 Å². The van der Waals surface area contributed by atoms with E-state index in [1.807, 2.05) is 0 Å². The van der Waals surface area contributed by atoms with Gasteiger partial charge in [0.05, 0.1) is 0 Å². The van der Waals surface area contributed by atoms with Gasteiger partial charge >= 0.3 is 5.97 Å². The molecule has 2 N–H and O–H groups in total. The minimum Gasteiger partial charge on any atom is -0.480 e. The Hall–Kier alpha value is -1.10. The number of amides is 1. The van der Waals surface area contributed by atoms with Crippen LogP contribution in [0, 0.1) is 11.8 Å². The van der Waals surface area contributed by atoms with Crippen LogP contribution in [0.1, 0.15) is 19.3 Å². The van der Waals surface area contributed by atoms with Crippen LogP contribution in [-0.4, -0.2) is 36.2 Å². The number of aliphatic carboxylic acids is 1. The van der Waals surface area contributed by atoms with Gasteiger partial charge in [0.25, 0.3) is 0 Å². The van der Waals surface area contributed by atoms with Crippen LogP contribution in [0.3, 0.4) is 0 Å². The quantitative estimate of drug-likeness (QED) is 0.677. The van der Waals surface area contributed by atoms with Crippen LogP contribution in [-0.2, 0) is 14.3 Å². The third kappa shape index (κ3) is 2.12. The zero-order valence-corrected chi connectivity index (χ0v) is 8.44. The lowest BCUT2D eigenvalue weighted by atomic mass is 9.83. The fourth-order valence-electron chi connectivity index (χ4n) is 2.46. The number of carboxylic acids is 1. The van der Waals surface area contributed by atoms with Crippen molar-refractivity contribution in [3.8, 4) is 0 Å². The highest BCUT2D eigenvalue weighted by atomic mass is 16.5. The molecule has 2 aliphatic heterocycles.